The van der Waals surface area contributed by atoms with Crippen molar-refractivity contribution in [3.8, 4) is 0 Å². The minimum absolute atomic E-state index is 0.0433. The maximum absolute atomic E-state index is 11.7. The van der Waals surface area contributed by atoms with E-state index in [1.807, 2.05) is 30.9 Å². The third-order valence-corrected chi connectivity index (χ3v) is 3.19. The van der Waals surface area contributed by atoms with E-state index in [1.165, 1.54) is 0 Å². The van der Waals surface area contributed by atoms with Gasteiger partial charge in [0.25, 0.3) is 0 Å². The van der Waals surface area contributed by atoms with Crippen LogP contribution in [0.2, 0.25) is 5.02 Å². The highest BCUT2D eigenvalue weighted by atomic mass is 35.5. The molecule has 0 fully saturated rings. The van der Waals surface area contributed by atoms with Crippen molar-refractivity contribution < 1.29 is 4.79 Å². The lowest BCUT2D eigenvalue weighted by molar-refractivity contribution is -0.119. The van der Waals surface area contributed by atoms with Gasteiger partial charge >= 0.3 is 0 Å². The van der Waals surface area contributed by atoms with E-state index < -0.39 is 0 Å². The number of hydrogen-bond acceptors (Lipinski definition) is 3. The van der Waals surface area contributed by atoms with Crippen molar-refractivity contribution in [3.63, 3.8) is 0 Å². The number of nitrogens with two attached hydrogens (primary N) is 1. The van der Waals surface area contributed by atoms with Gasteiger partial charge in [0.1, 0.15) is 4.99 Å². The summed E-state index contributed by atoms with van der Waals surface area (Å²) in [5.74, 6) is -0.0433. The molecule has 19 heavy (non-hydrogen) atoms. The zero-order valence-corrected chi connectivity index (χ0v) is 12.6. The number of nitrogens with one attached hydrogen (secondary N) is 1. The van der Waals surface area contributed by atoms with Gasteiger partial charge in [-0.1, -0.05) is 29.9 Å². The molecule has 0 aliphatic rings. The number of nitrogens with zero attached hydrogens (tertiary/aromatic N) is 1. The second-order valence-electron chi connectivity index (χ2n) is 3.97. The maximum Gasteiger partial charge on any atom is 0.239 e. The summed E-state index contributed by atoms with van der Waals surface area (Å²) in [4.78, 5) is 13.8. The van der Waals surface area contributed by atoms with Gasteiger partial charge in [0.2, 0.25) is 5.91 Å². The summed E-state index contributed by atoms with van der Waals surface area (Å²) in [6, 6.07) is 5.42. The number of benzene rings is 1. The van der Waals surface area contributed by atoms with E-state index in [0.29, 0.717) is 23.7 Å². The van der Waals surface area contributed by atoms with Crippen LogP contribution in [0.1, 0.15) is 19.4 Å². The minimum Gasteiger partial charge on any atom is -0.389 e. The SMILES string of the molecule is CCNC(=O)CN(CC)c1cccc(Cl)c1C(N)=S. The molecule has 0 spiro atoms. The monoisotopic (exact) mass is 299 g/mol. The Balaban J connectivity index is 3.08. The van der Waals surface area contributed by atoms with Crippen LogP contribution in [0.15, 0.2) is 18.2 Å². The predicted molar refractivity (Wildman–Crippen MR) is 83.9 cm³/mol. The summed E-state index contributed by atoms with van der Waals surface area (Å²) in [5.41, 5.74) is 7.12. The van der Waals surface area contributed by atoms with Crippen LogP contribution in [0.4, 0.5) is 5.69 Å². The van der Waals surface area contributed by atoms with E-state index in [4.69, 9.17) is 29.6 Å². The third kappa shape index (κ3) is 4.08. The van der Waals surface area contributed by atoms with Crippen molar-refractivity contribution in [1.82, 2.24) is 5.32 Å². The summed E-state index contributed by atoms with van der Waals surface area (Å²) in [6.45, 7) is 5.36. The number of anilines is 1. The molecule has 0 saturated carbocycles. The molecule has 1 aromatic carbocycles. The van der Waals surface area contributed by atoms with Crippen LogP contribution in [0.3, 0.4) is 0 Å². The summed E-state index contributed by atoms with van der Waals surface area (Å²) in [7, 11) is 0. The predicted octanol–water partition coefficient (Wildman–Crippen LogP) is 1.94. The Labute approximate surface area is 123 Å². The van der Waals surface area contributed by atoms with Crippen LogP contribution >= 0.6 is 23.8 Å². The third-order valence-electron chi connectivity index (χ3n) is 2.67. The van der Waals surface area contributed by atoms with Gasteiger partial charge in [-0.15, -0.1) is 0 Å². The van der Waals surface area contributed by atoms with Crippen LogP contribution in [-0.4, -0.2) is 30.5 Å². The lowest BCUT2D eigenvalue weighted by Gasteiger charge is -2.25. The summed E-state index contributed by atoms with van der Waals surface area (Å²) in [5, 5.41) is 3.27. The van der Waals surface area contributed by atoms with E-state index in [1.54, 1.807) is 6.07 Å². The van der Waals surface area contributed by atoms with E-state index in [-0.39, 0.29) is 17.4 Å². The Morgan fingerprint density at radius 2 is 2.16 bits per heavy atom. The molecule has 0 atom stereocenters. The Morgan fingerprint density at radius 3 is 2.68 bits per heavy atom. The molecule has 6 heteroatoms. The molecule has 0 aliphatic carbocycles. The number of carbonyl (C=O) groups excluding carboxylic acids is 1. The van der Waals surface area contributed by atoms with Crippen molar-refractivity contribution >= 4 is 40.4 Å². The molecular weight excluding hydrogens is 282 g/mol. The fourth-order valence-corrected chi connectivity index (χ4v) is 2.36. The fourth-order valence-electron chi connectivity index (χ4n) is 1.81. The van der Waals surface area contributed by atoms with Gasteiger partial charge in [-0.25, -0.2) is 0 Å². The first-order valence-electron chi connectivity index (χ1n) is 6.11. The highest BCUT2D eigenvalue weighted by molar-refractivity contribution is 7.80. The van der Waals surface area contributed by atoms with E-state index in [9.17, 15) is 4.79 Å². The second kappa shape index (κ2) is 7.31. The highest BCUT2D eigenvalue weighted by Gasteiger charge is 2.16. The van der Waals surface area contributed by atoms with Gasteiger partial charge in [0, 0.05) is 18.8 Å². The van der Waals surface area contributed by atoms with Crippen LogP contribution < -0.4 is 16.0 Å². The van der Waals surface area contributed by atoms with Crippen LogP contribution in [0.5, 0.6) is 0 Å². The zero-order chi connectivity index (χ0) is 14.4. The number of likely N-dealkylation sites (N-methyl/N-ethyl adjacent to an activating group) is 2. The molecule has 1 rings (SSSR count). The van der Waals surface area contributed by atoms with Crippen molar-refractivity contribution in [2.75, 3.05) is 24.5 Å². The molecule has 0 bridgehead atoms. The zero-order valence-electron chi connectivity index (χ0n) is 11.1. The Kier molecular flexibility index (Phi) is 6.05. The molecule has 4 nitrogen and oxygen atoms in total. The minimum atomic E-state index is -0.0433. The van der Waals surface area contributed by atoms with Gasteiger partial charge in [-0.05, 0) is 26.0 Å². The number of rotatable bonds is 6. The summed E-state index contributed by atoms with van der Waals surface area (Å²) >= 11 is 11.2. The smallest absolute Gasteiger partial charge is 0.239 e. The standard InChI is InChI=1S/C13H18ClN3OS/c1-3-16-11(18)8-17(4-2)10-7-5-6-9(14)12(10)13(15)19/h5-7H,3-4,8H2,1-2H3,(H2,15,19)(H,16,18). The van der Waals surface area contributed by atoms with Gasteiger partial charge in [-0.3, -0.25) is 4.79 Å². The molecule has 1 aromatic rings. The Bertz CT molecular complexity index is 479. The first-order valence-corrected chi connectivity index (χ1v) is 6.89. The number of carbonyl (C=O) groups is 1. The Hall–Kier alpha value is -1.33. The number of hydrogen-bond donors (Lipinski definition) is 2. The molecule has 3 N–H and O–H groups in total. The van der Waals surface area contributed by atoms with E-state index in [2.05, 4.69) is 5.32 Å². The molecule has 0 aliphatic heterocycles. The summed E-state index contributed by atoms with van der Waals surface area (Å²) in [6.07, 6.45) is 0. The number of thiocarbonyl (C=S) groups is 1. The van der Waals surface area contributed by atoms with Gasteiger partial charge in [0.15, 0.2) is 0 Å². The molecule has 0 aromatic heterocycles. The second-order valence-corrected chi connectivity index (χ2v) is 4.81. The van der Waals surface area contributed by atoms with Crippen molar-refractivity contribution in [1.29, 1.82) is 0 Å². The van der Waals surface area contributed by atoms with Gasteiger partial charge in [0.05, 0.1) is 17.1 Å². The molecule has 0 unspecified atom stereocenters. The maximum atomic E-state index is 11.7. The molecule has 1 amide bonds. The van der Waals surface area contributed by atoms with E-state index in [0.717, 1.165) is 5.69 Å². The lowest BCUT2D eigenvalue weighted by atomic mass is 10.1. The molecule has 0 radical (unpaired) electrons. The quantitative estimate of drug-likeness (QED) is 0.788. The van der Waals surface area contributed by atoms with Gasteiger partial charge in [-0.2, -0.15) is 0 Å². The van der Waals surface area contributed by atoms with E-state index >= 15 is 0 Å². The lowest BCUT2D eigenvalue weighted by Crippen LogP contribution is -2.38. The Morgan fingerprint density at radius 1 is 1.47 bits per heavy atom. The normalized spacial score (nSPS) is 10.1. The number of amides is 1. The average molecular weight is 300 g/mol. The fraction of sp³-hybridized carbons (Fsp3) is 0.385. The van der Waals surface area contributed by atoms with Crippen molar-refractivity contribution in [2.45, 2.75) is 13.8 Å². The van der Waals surface area contributed by atoms with Crippen LogP contribution in [0.25, 0.3) is 0 Å². The molecule has 104 valence electrons. The topological polar surface area (TPSA) is 58.4 Å². The average Bonchev–Trinajstić information content (AvgIpc) is 2.35. The van der Waals surface area contributed by atoms with Crippen molar-refractivity contribution in [3.05, 3.63) is 28.8 Å². The molecule has 0 saturated heterocycles. The van der Waals surface area contributed by atoms with Crippen LogP contribution in [-0.2, 0) is 4.79 Å². The number of halogens is 1. The highest BCUT2D eigenvalue weighted by Crippen LogP contribution is 2.27. The van der Waals surface area contributed by atoms with Gasteiger partial charge < -0.3 is 16.0 Å². The largest absolute Gasteiger partial charge is 0.389 e. The van der Waals surface area contributed by atoms with Crippen LogP contribution in [0, 0.1) is 0 Å². The summed E-state index contributed by atoms with van der Waals surface area (Å²) < 4.78 is 0. The molecule has 0 heterocycles. The van der Waals surface area contributed by atoms with Crippen molar-refractivity contribution in [2.24, 2.45) is 5.73 Å². The first kappa shape index (κ1) is 15.7. The molecular formula is C13H18ClN3OS. The first-order chi connectivity index (χ1) is 9.01.